The highest BCUT2D eigenvalue weighted by Crippen LogP contribution is 2.33. The van der Waals surface area contributed by atoms with Crippen LogP contribution in [0.1, 0.15) is 53.4 Å². The van der Waals surface area contributed by atoms with E-state index in [9.17, 15) is 4.79 Å². The van der Waals surface area contributed by atoms with Crippen molar-refractivity contribution in [3.8, 4) is 5.75 Å². The Kier molecular flexibility index (Phi) is 8.14. The van der Waals surface area contributed by atoms with Crippen LogP contribution in [0, 0.1) is 6.92 Å². The second-order valence-electron chi connectivity index (χ2n) is 6.87. The summed E-state index contributed by atoms with van der Waals surface area (Å²) in [6, 6.07) is 10.5. The number of carbonyl (C=O) groups is 1. The van der Waals surface area contributed by atoms with E-state index in [1.807, 2.05) is 30.5 Å². The summed E-state index contributed by atoms with van der Waals surface area (Å²) in [7, 11) is 0. The minimum absolute atomic E-state index is 0. The second-order valence-corrected chi connectivity index (χ2v) is 7.74. The van der Waals surface area contributed by atoms with Crippen molar-refractivity contribution in [2.24, 2.45) is 0 Å². The number of aryl methyl sites for hydroxylation is 2. The molecule has 2 atom stereocenters. The lowest BCUT2D eigenvalue weighted by Crippen LogP contribution is -2.44. The number of rotatable bonds is 7. The van der Waals surface area contributed by atoms with E-state index in [0.29, 0.717) is 12.5 Å². The van der Waals surface area contributed by atoms with Crippen LogP contribution in [0.5, 0.6) is 5.75 Å². The smallest absolute Gasteiger partial charge is 0.176 e. The van der Waals surface area contributed by atoms with Gasteiger partial charge in [0.2, 0.25) is 0 Å². The lowest BCUT2D eigenvalue weighted by atomic mass is 10.0. The molecule has 2 aromatic rings. The predicted octanol–water partition coefficient (Wildman–Crippen LogP) is 5.20. The number of benzene rings is 1. The van der Waals surface area contributed by atoms with E-state index in [2.05, 4.69) is 24.4 Å². The van der Waals surface area contributed by atoms with Gasteiger partial charge in [-0.25, -0.2) is 0 Å². The van der Waals surface area contributed by atoms with Gasteiger partial charge in [0.05, 0.1) is 0 Å². The molecule has 5 heteroatoms. The SMILES string of the molecule is Cc1csc(C(=O)CCc2ccccc2)c1OC(C)C1CCCCN1.Cl. The van der Waals surface area contributed by atoms with Crippen molar-refractivity contribution >= 4 is 29.5 Å². The number of carbonyl (C=O) groups excluding carboxylic acids is 1. The summed E-state index contributed by atoms with van der Waals surface area (Å²) in [6.07, 6.45) is 5.00. The Balaban J connectivity index is 0.00000243. The number of halogens is 1. The van der Waals surface area contributed by atoms with Gasteiger partial charge in [0.25, 0.3) is 0 Å². The summed E-state index contributed by atoms with van der Waals surface area (Å²) in [5, 5.41) is 5.57. The molecular formula is C21H28ClNO2S. The van der Waals surface area contributed by atoms with Crippen LogP contribution in [0.25, 0.3) is 0 Å². The Labute approximate surface area is 166 Å². The lowest BCUT2D eigenvalue weighted by molar-refractivity contribution is 0.0975. The van der Waals surface area contributed by atoms with Crippen molar-refractivity contribution in [1.82, 2.24) is 5.32 Å². The molecule has 1 fully saturated rings. The quantitative estimate of drug-likeness (QED) is 0.656. The maximum Gasteiger partial charge on any atom is 0.176 e. The highest BCUT2D eigenvalue weighted by Gasteiger charge is 2.24. The van der Waals surface area contributed by atoms with Gasteiger partial charge in [-0.3, -0.25) is 4.79 Å². The highest BCUT2D eigenvalue weighted by atomic mass is 35.5. The van der Waals surface area contributed by atoms with Gasteiger partial charge >= 0.3 is 0 Å². The number of ether oxygens (including phenoxy) is 1. The average molecular weight is 394 g/mol. The number of Topliss-reactive ketones (excluding diaryl/α,β-unsaturated/α-hetero) is 1. The van der Waals surface area contributed by atoms with Gasteiger partial charge in [-0.1, -0.05) is 36.8 Å². The summed E-state index contributed by atoms with van der Waals surface area (Å²) < 4.78 is 6.26. The lowest BCUT2D eigenvalue weighted by Gasteiger charge is -2.29. The van der Waals surface area contributed by atoms with E-state index in [4.69, 9.17) is 4.74 Å². The largest absolute Gasteiger partial charge is 0.487 e. The first-order chi connectivity index (χ1) is 12.1. The van der Waals surface area contributed by atoms with Gasteiger partial charge in [0.1, 0.15) is 16.7 Å². The zero-order valence-electron chi connectivity index (χ0n) is 15.5. The fourth-order valence-corrected chi connectivity index (χ4v) is 4.29. The van der Waals surface area contributed by atoms with Gasteiger partial charge in [-0.15, -0.1) is 23.7 Å². The van der Waals surface area contributed by atoms with Gasteiger partial charge in [-0.2, -0.15) is 0 Å². The molecule has 2 heterocycles. The molecule has 3 rings (SSSR count). The summed E-state index contributed by atoms with van der Waals surface area (Å²) in [4.78, 5) is 13.5. The number of piperidine rings is 1. The van der Waals surface area contributed by atoms with Crippen molar-refractivity contribution in [1.29, 1.82) is 0 Å². The van der Waals surface area contributed by atoms with Gasteiger partial charge in [-0.05, 0) is 50.6 Å². The summed E-state index contributed by atoms with van der Waals surface area (Å²) in [5.41, 5.74) is 2.27. The van der Waals surface area contributed by atoms with Crippen LogP contribution in [-0.2, 0) is 6.42 Å². The van der Waals surface area contributed by atoms with Crippen molar-refractivity contribution in [3.63, 3.8) is 0 Å². The number of thiophene rings is 1. The Morgan fingerprint density at radius 2 is 2.08 bits per heavy atom. The molecule has 3 nitrogen and oxygen atoms in total. The molecule has 0 radical (unpaired) electrons. The zero-order chi connectivity index (χ0) is 17.6. The molecule has 1 aromatic carbocycles. The van der Waals surface area contributed by atoms with E-state index >= 15 is 0 Å². The molecule has 0 aliphatic carbocycles. The Bertz CT molecular complexity index is 695. The van der Waals surface area contributed by atoms with Crippen molar-refractivity contribution in [2.45, 2.75) is 58.1 Å². The van der Waals surface area contributed by atoms with Crippen molar-refractivity contribution in [3.05, 3.63) is 51.7 Å². The van der Waals surface area contributed by atoms with E-state index in [1.54, 1.807) is 0 Å². The zero-order valence-corrected chi connectivity index (χ0v) is 17.1. The number of hydrogen-bond donors (Lipinski definition) is 1. The molecule has 142 valence electrons. The first kappa shape index (κ1) is 20.9. The molecule has 2 unspecified atom stereocenters. The molecule has 1 aromatic heterocycles. The van der Waals surface area contributed by atoms with E-state index in [0.717, 1.165) is 35.6 Å². The van der Waals surface area contributed by atoms with Crippen LogP contribution in [0.3, 0.4) is 0 Å². The van der Waals surface area contributed by atoms with Gasteiger partial charge in [0, 0.05) is 18.0 Å². The number of ketones is 1. The summed E-state index contributed by atoms with van der Waals surface area (Å²) in [6.45, 7) is 5.20. The molecule has 26 heavy (non-hydrogen) atoms. The Morgan fingerprint density at radius 3 is 2.77 bits per heavy atom. The van der Waals surface area contributed by atoms with Crippen LogP contribution in [0.15, 0.2) is 35.7 Å². The molecule has 0 saturated carbocycles. The molecule has 1 N–H and O–H groups in total. The van der Waals surface area contributed by atoms with Gasteiger partial charge in [0.15, 0.2) is 5.78 Å². The maximum atomic E-state index is 12.7. The van der Waals surface area contributed by atoms with E-state index in [-0.39, 0.29) is 24.3 Å². The van der Waals surface area contributed by atoms with Gasteiger partial charge < -0.3 is 10.1 Å². The minimum Gasteiger partial charge on any atom is -0.487 e. The predicted molar refractivity (Wildman–Crippen MR) is 111 cm³/mol. The van der Waals surface area contributed by atoms with Crippen LogP contribution < -0.4 is 10.1 Å². The fourth-order valence-electron chi connectivity index (χ4n) is 3.34. The highest BCUT2D eigenvalue weighted by molar-refractivity contribution is 7.12. The fraction of sp³-hybridized carbons (Fsp3) is 0.476. The first-order valence-corrected chi connectivity index (χ1v) is 10.1. The third-order valence-corrected chi connectivity index (χ3v) is 5.99. The molecule has 0 bridgehead atoms. The second kappa shape index (κ2) is 10.1. The molecule has 0 amide bonds. The number of hydrogen-bond acceptors (Lipinski definition) is 4. The van der Waals surface area contributed by atoms with Crippen LogP contribution in [0.2, 0.25) is 0 Å². The minimum atomic E-state index is 0. The number of nitrogens with one attached hydrogen (secondary N) is 1. The first-order valence-electron chi connectivity index (χ1n) is 9.20. The van der Waals surface area contributed by atoms with Crippen LogP contribution in [-0.4, -0.2) is 24.5 Å². The molecule has 1 aliphatic heterocycles. The molecule has 0 spiro atoms. The Hall–Kier alpha value is -1.36. The van der Waals surface area contributed by atoms with Crippen molar-refractivity contribution in [2.75, 3.05) is 6.54 Å². The normalized spacial score (nSPS) is 18.0. The van der Waals surface area contributed by atoms with E-state index in [1.165, 1.54) is 29.7 Å². The third kappa shape index (κ3) is 5.32. The monoisotopic (exact) mass is 393 g/mol. The molecule has 1 aliphatic rings. The van der Waals surface area contributed by atoms with Crippen LogP contribution >= 0.6 is 23.7 Å². The summed E-state index contributed by atoms with van der Waals surface area (Å²) in [5.74, 6) is 0.976. The average Bonchev–Trinajstić information content (AvgIpc) is 3.02. The maximum absolute atomic E-state index is 12.7. The molecule has 1 saturated heterocycles. The Morgan fingerprint density at radius 1 is 1.31 bits per heavy atom. The summed E-state index contributed by atoms with van der Waals surface area (Å²) >= 11 is 1.51. The topological polar surface area (TPSA) is 38.3 Å². The van der Waals surface area contributed by atoms with Crippen LogP contribution in [0.4, 0.5) is 0 Å². The van der Waals surface area contributed by atoms with E-state index < -0.39 is 0 Å². The third-order valence-electron chi connectivity index (χ3n) is 4.87. The molecular weight excluding hydrogens is 366 g/mol. The van der Waals surface area contributed by atoms with Crippen molar-refractivity contribution < 1.29 is 9.53 Å². The standard InChI is InChI=1S/C21H27NO2S.ClH/c1-15-14-25-21(19(23)12-11-17-8-4-3-5-9-17)20(15)24-16(2)18-10-6-7-13-22-18;/h3-5,8-9,14,16,18,22H,6-7,10-13H2,1-2H3;1H.